The molecule has 0 spiro atoms. The number of hydrogen-bond acceptors (Lipinski definition) is 4. The molecule has 0 aliphatic carbocycles. The van der Waals surface area contributed by atoms with Crippen LogP contribution >= 0.6 is 15.9 Å². The summed E-state index contributed by atoms with van der Waals surface area (Å²) < 4.78 is 17.0. The van der Waals surface area contributed by atoms with Crippen LogP contribution in [0.5, 0.6) is 23.0 Å². The van der Waals surface area contributed by atoms with Crippen molar-refractivity contribution >= 4 is 15.9 Å². The Morgan fingerprint density at radius 3 is 2.20 bits per heavy atom. The van der Waals surface area contributed by atoms with Gasteiger partial charge in [0.25, 0.3) is 0 Å². The fourth-order valence-corrected chi connectivity index (χ4v) is 2.13. The van der Waals surface area contributed by atoms with Crippen LogP contribution in [0.15, 0.2) is 40.9 Å². The second-order valence-corrected chi connectivity index (χ2v) is 4.70. The molecule has 102 valence electrons. The molecule has 2 aromatic rings. The summed E-state index contributed by atoms with van der Waals surface area (Å²) in [5.74, 6) is 2.22. The zero-order valence-electron chi connectivity index (χ0n) is 11.0. The summed E-state index contributed by atoms with van der Waals surface area (Å²) in [6, 6.07) is 12.6. The zero-order valence-corrected chi connectivity index (χ0v) is 12.6. The molecular weight excluding hydrogens is 322 g/mol. The highest BCUT2D eigenvalue weighted by atomic mass is 79.9. The lowest BCUT2D eigenvalue weighted by molar-refractivity contribution is 0.346. The molecule has 0 saturated carbocycles. The van der Waals surface area contributed by atoms with E-state index in [0.717, 1.165) is 0 Å². The third kappa shape index (κ3) is 2.86. The fraction of sp³-hybridized carbons (Fsp3) is 0.133. The van der Waals surface area contributed by atoms with E-state index in [4.69, 9.17) is 19.5 Å². The molecule has 0 atom stereocenters. The molecular formula is C15H12BrNO3. The van der Waals surface area contributed by atoms with Gasteiger partial charge in [0.15, 0.2) is 11.5 Å². The van der Waals surface area contributed by atoms with E-state index in [-0.39, 0.29) is 0 Å². The summed E-state index contributed by atoms with van der Waals surface area (Å²) in [5, 5.41) is 8.90. The second-order valence-electron chi connectivity index (χ2n) is 3.85. The predicted molar refractivity (Wildman–Crippen MR) is 78.5 cm³/mol. The van der Waals surface area contributed by atoms with Crippen molar-refractivity contribution in [3.05, 3.63) is 46.4 Å². The Morgan fingerprint density at radius 2 is 1.70 bits per heavy atom. The van der Waals surface area contributed by atoms with Gasteiger partial charge in [0, 0.05) is 4.47 Å². The lowest BCUT2D eigenvalue weighted by Gasteiger charge is -2.14. The minimum absolute atomic E-state index is 0.495. The van der Waals surface area contributed by atoms with Crippen molar-refractivity contribution in [1.82, 2.24) is 0 Å². The van der Waals surface area contributed by atoms with Crippen molar-refractivity contribution in [2.24, 2.45) is 0 Å². The van der Waals surface area contributed by atoms with E-state index in [1.807, 2.05) is 6.07 Å². The van der Waals surface area contributed by atoms with Crippen molar-refractivity contribution in [1.29, 1.82) is 5.26 Å². The van der Waals surface area contributed by atoms with Crippen LogP contribution in [0.2, 0.25) is 0 Å². The molecule has 0 aliphatic rings. The number of rotatable bonds is 4. The van der Waals surface area contributed by atoms with Gasteiger partial charge in [-0.2, -0.15) is 5.26 Å². The molecule has 0 aromatic heterocycles. The molecule has 0 N–H and O–H groups in total. The smallest absolute Gasteiger partial charge is 0.210 e. The molecule has 5 heteroatoms. The van der Waals surface area contributed by atoms with Crippen LogP contribution in [0, 0.1) is 11.3 Å². The lowest BCUT2D eigenvalue weighted by atomic mass is 10.2. The molecule has 0 bridgehead atoms. The predicted octanol–water partition coefficient (Wildman–Crippen LogP) is 4.13. The molecule has 0 aliphatic heterocycles. The molecule has 0 fully saturated rings. The third-order valence-electron chi connectivity index (χ3n) is 2.66. The number of hydrogen-bond donors (Lipinski definition) is 0. The van der Waals surface area contributed by atoms with Crippen molar-refractivity contribution in [2.45, 2.75) is 0 Å². The van der Waals surface area contributed by atoms with Crippen molar-refractivity contribution in [2.75, 3.05) is 14.2 Å². The van der Waals surface area contributed by atoms with Crippen LogP contribution in [-0.4, -0.2) is 14.2 Å². The van der Waals surface area contributed by atoms with Gasteiger partial charge in [-0.15, -0.1) is 0 Å². The normalized spacial score (nSPS) is 9.70. The monoisotopic (exact) mass is 333 g/mol. The first-order valence-electron chi connectivity index (χ1n) is 5.78. The number of halogens is 1. The van der Waals surface area contributed by atoms with E-state index in [1.165, 1.54) is 0 Å². The summed E-state index contributed by atoms with van der Waals surface area (Å²) in [4.78, 5) is 0. The van der Waals surface area contributed by atoms with Gasteiger partial charge in [-0.3, -0.25) is 0 Å². The highest BCUT2D eigenvalue weighted by molar-refractivity contribution is 9.10. The molecule has 0 saturated heterocycles. The Kier molecular flexibility index (Phi) is 4.49. The van der Waals surface area contributed by atoms with Crippen molar-refractivity contribution in [3.8, 4) is 29.1 Å². The zero-order chi connectivity index (χ0) is 14.5. The number of ether oxygens (including phenoxy) is 3. The van der Waals surface area contributed by atoms with Crippen molar-refractivity contribution in [3.63, 3.8) is 0 Å². The average Bonchev–Trinajstić information content (AvgIpc) is 2.47. The van der Waals surface area contributed by atoms with E-state index in [9.17, 15) is 0 Å². The minimum Gasteiger partial charge on any atom is -0.493 e. The van der Waals surface area contributed by atoms with Gasteiger partial charge in [-0.25, -0.2) is 0 Å². The van der Waals surface area contributed by atoms with Crippen LogP contribution in [0.25, 0.3) is 0 Å². The summed E-state index contributed by atoms with van der Waals surface area (Å²) in [7, 11) is 3.13. The Morgan fingerprint density at radius 1 is 1.05 bits per heavy atom. The molecule has 0 radical (unpaired) electrons. The highest BCUT2D eigenvalue weighted by Gasteiger charge is 2.13. The Labute approximate surface area is 125 Å². The standard InChI is InChI=1S/C15H12BrNO3/c1-18-13-4-3-5-14(19-2)15(13)20-11-7-6-10(9-17)12(16)8-11/h3-8H,1-2H3. The Bertz CT molecular complexity index is 642. The van der Waals surface area contributed by atoms with E-state index >= 15 is 0 Å². The fourth-order valence-electron chi connectivity index (χ4n) is 1.69. The SMILES string of the molecule is COc1cccc(OC)c1Oc1ccc(C#N)c(Br)c1. The van der Waals surface area contributed by atoms with Crippen LogP contribution in [0.1, 0.15) is 5.56 Å². The van der Waals surface area contributed by atoms with E-state index < -0.39 is 0 Å². The van der Waals surface area contributed by atoms with Gasteiger partial charge in [-0.05, 0) is 46.3 Å². The number of para-hydroxylation sites is 1. The highest BCUT2D eigenvalue weighted by Crippen LogP contribution is 2.40. The quantitative estimate of drug-likeness (QED) is 0.844. The Balaban J connectivity index is 2.39. The molecule has 20 heavy (non-hydrogen) atoms. The molecule has 4 nitrogen and oxygen atoms in total. The van der Waals surface area contributed by atoms with Gasteiger partial charge < -0.3 is 14.2 Å². The largest absolute Gasteiger partial charge is 0.493 e. The van der Waals surface area contributed by atoms with Gasteiger partial charge in [0.05, 0.1) is 19.8 Å². The molecule has 2 aromatic carbocycles. The molecule has 0 amide bonds. The summed E-state index contributed by atoms with van der Waals surface area (Å²) in [6.45, 7) is 0. The van der Waals surface area contributed by atoms with Crippen LogP contribution in [0.3, 0.4) is 0 Å². The number of methoxy groups -OCH3 is 2. The first-order chi connectivity index (χ1) is 9.69. The topological polar surface area (TPSA) is 51.5 Å². The second kappa shape index (κ2) is 6.31. The lowest BCUT2D eigenvalue weighted by Crippen LogP contribution is -1.94. The number of nitriles is 1. The van der Waals surface area contributed by atoms with E-state index in [1.54, 1.807) is 44.6 Å². The first-order valence-corrected chi connectivity index (χ1v) is 6.57. The number of nitrogens with zero attached hydrogens (tertiary/aromatic N) is 1. The first kappa shape index (κ1) is 14.2. The summed E-state index contributed by atoms with van der Waals surface area (Å²) in [5.41, 5.74) is 0.546. The molecule has 0 unspecified atom stereocenters. The summed E-state index contributed by atoms with van der Waals surface area (Å²) in [6.07, 6.45) is 0. The van der Waals surface area contributed by atoms with Crippen LogP contribution in [-0.2, 0) is 0 Å². The van der Waals surface area contributed by atoms with Crippen LogP contribution in [0.4, 0.5) is 0 Å². The maximum absolute atomic E-state index is 8.90. The molecule has 2 rings (SSSR count). The van der Waals surface area contributed by atoms with Gasteiger partial charge >= 0.3 is 0 Å². The summed E-state index contributed by atoms with van der Waals surface area (Å²) >= 11 is 3.33. The Hall–Kier alpha value is -2.19. The van der Waals surface area contributed by atoms with Gasteiger partial charge in [-0.1, -0.05) is 6.07 Å². The van der Waals surface area contributed by atoms with Gasteiger partial charge in [0.1, 0.15) is 11.8 Å². The maximum Gasteiger partial charge on any atom is 0.210 e. The van der Waals surface area contributed by atoms with Crippen molar-refractivity contribution < 1.29 is 14.2 Å². The number of benzene rings is 2. The minimum atomic E-state index is 0.495. The average molecular weight is 334 g/mol. The van der Waals surface area contributed by atoms with Gasteiger partial charge in [0.2, 0.25) is 5.75 Å². The van der Waals surface area contributed by atoms with Crippen LogP contribution < -0.4 is 14.2 Å². The van der Waals surface area contributed by atoms with E-state index in [2.05, 4.69) is 22.0 Å². The van der Waals surface area contributed by atoms with E-state index in [0.29, 0.717) is 33.0 Å². The maximum atomic E-state index is 8.90. The molecule has 0 heterocycles. The third-order valence-corrected chi connectivity index (χ3v) is 3.32.